The molecule has 3 rings (SSSR count). The van der Waals surface area contributed by atoms with E-state index in [4.69, 9.17) is 0 Å². The Morgan fingerprint density at radius 1 is 1.24 bits per heavy atom. The minimum atomic E-state index is -0.231. The number of hydrogen-bond acceptors (Lipinski definition) is 3. The Kier molecular flexibility index (Phi) is 3.81. The summed E-state index contributed by atoms with van der Waals surface area (Å²) in [6.07, 6.45) is 3.98. The van der Waals surface area contributed by atoms with Gasteiger partial charge < -0.3 is 10.6 Å². The molecule has 1 aliphatic rings. The van der Waals surface area contributed by atoms with E-state index in [9.17, 15) is 4.79 Å². The molecule has 0 aliphatic heterocycles. The molecule has 1 aromatic carbocycles. The predicted molar refractivity (Wildman–Crippen MR) is 81.0 cm³/mol. The number of hydrogen-bond donors (Lipinski definition) is 2. The molecule has 1 fully saturated rings. The SMILES string of the molecule is Cc1ccc(NC(=O)NCc2cc(C3CC3)ncn2)cc1. The summed E-state index contributed by atoms with van der Waals surface area (Å²) >= 11 is 0. The molecule has 21 heavy (non-hydrogen) atoms. The summed E-state index contributed by atoms with van der Waals surface area (Å²) in [6.45, 7) is 2.41. The number of anilines is 1. The average molecular weight is 282 g/mol. The summed E-state index contributed by atoms with van der Waals surface area (Å²) in [7, 11) is 0. The first-order chi connectivity index (χ1) is 10.2. The van der Waals surface area contributed by atoms with Crippen molar-refractivity contribution < 1.29 is 4.79 Å². The van der Waals surface area contributed by atoms with Gasteiger partial charge in [-0.3, -0.25) is 0 Å². The van der Waals surface area contributed by atoms with Crippen LogP contribution in [0, 0.1) is 6.92 Å². The zero-order valence-corrected chi connectivity index (χ0v) is 12.0. The highest BCUT2D eigenvalue weighted by atomic mass is 16.2. The molecule has 1 aromatic heterocycles. The fourth-order valence-electron chi connectivity index (χ4n) is 2.10. The maximum atomic E-state index is 11.8. The molecule has 0 spiro atoms. The third-order valence-electron chi connectivity index (χ3n) is 3.48. The minimum absolute atomic E-state index is 0.231. The molecule has 5 nitrogen and oxygen atoms in total. The van der Waals surface area contributed by atoms with Gasteiger partial charge in [0.05, 0.1) is 12.2 Å². The Balaban J connectivity index is 1.53. The van der Waals surface area contributed by atoms with Gasteiger partial charge in [0.2, 0.25) is 0 Å². The lowest BCUT2D eigenvalue weighted by atomic mass is 10.2. The van der Waals surface area contributed by atoms with Gasteiger partial charge >= 0.3 is 6.03 Å². The molecule has 0 bridgehead atoms. The molecule has 1 saturated carbocycles. The Hall–Kier alpha value is -2.43. The second-order valence-electron chi connectivity index (χ2n) is 5.38. The highest BCUT2D eigenvalue weighted by Crippen LogP contribution is 2.38. The van der Waals surface area contributed by atoms with Crippen LogP contribution < -0.4 is 10.6 Å². The van der Waals surface area contributed by atoms with Gasteiger partial charge in [-0.15, -0.1) is 0 Å². The summed E-state index contributed by atoms with van der Waals surface area (Å²) in [6, 6.07) is 9.42. The third-order valence-corrected chi connectivity index (χ3v) is 3.48. The van der Waals surface area contributed by atoms with Crippen molar-refractivity contribution in [3.63, 3.8) is 0 Å². The van der Waals surface area contributed by atoms with Crippen molar-refractivity contribution in [3.05, 3.63) is 53.6 Å². The Morgan fingerprint density at radius 3 is 2.71 bits per heavy atom. The standard InChI is InChI=1S/C16H18N4O/c1-11-2-6-13(7-3-11)20-16(21)17-9-14-8-15(12-4-5-12)19-10-18-14/h2-3,6-8,10,12H,4-5,9H2,1H3,(H2,17,20,21). The van der Waals surface area contributed by atoms with E-state index >= 15 is 0 Å². The van der Waals surface area contributed by atoms with Crippen LogP contribution in [0.3, 0.4) is 0 Å². The van der Waals surface area contributed by atoms with Crippen LogP contribution in [0.1, 0.15) is 35.7 Å². The third kappa shape index (κ3) is 3.78. The van der Waals surface area contributed by atoms with Gasteiger partial charge in [-0.1, -0.05) is 17.7 Å². The normalized spacial score (nSPS) is 13.8. The lowest BCUT2D eigenvalue weighted by Gasteiger charge is -2.08. The molecule has 2 N–H and O–H groups in total. The van der Waals surface area contributed by atoms with E-state index in [1.165, 1.54) is 12.8 Å². The summed E-state index contributed by atoms with van der Waals surface area (Å²) < 4.78 is 0. The molecule has 1 aliphatic carbocycles. The number of aromatic nitrogens is 2. The van der Waals surface area contributed by atoms with Crippen LogP contribution in [0.4, 0.5) is 10.5 Å². The van der Waals surface area contributed by atoms with Crippen LogP contribution in [0.2, 0.25) is 0 Å². The van der Waals surface area contributed by atoms with Crippen molar-refractivity contribution in [2.24, 2.45) is 0 Å². The van der Waals surface area contributed by atoms with E-state index in [1.807, 2.05) is 37.3 Å². The molecule has 5 heteroatoms. The molecule has 2 amide bonds. The van der Waals surface area contributed by atoms with Gasteiger partial charge in [-0.25, -0.2) is 14.8 Å². The largest absolute Gasteiger partial charge is 0.332 e. The van der Waals surface area contributed by atoms with Gasteiger partial charge in [-0.2, -0.15) is 0 Å². The van der Waals surface area contributed by atoms with Crippen molar-refractivity contribution in [2.45, 2.75) is 32.2 Å². The van der Waals surface area contributed by atoms with Gasteiger partial charge in [-0.05, 0) is 38.0 Å². The van der Waals surface area contributed by atoms with Crippen LogP contribution >= 0.6 is 0 Å². The van der Waals surface area contributed by atoms with E-state index < -0.39 is 0 Å². The number of carbonyl (C=O) groups excluding carboxylic acids is 1. The van der Waals surface area contributed by atoms with Gasteiger partial charge in [0.15, 0.2) is 0 Å². The van der Waals surface area contributed by atoms with Crippen LogP contribution in [-0.2, 0) is 6.54 Å². The van der Waals surface area contributed by atoms with Crippen LogP contribution in [0.15, 0.2) is 36.7 Å². The number of urea groups is 1. The van der Waals surface area contributed by atoms with Gasteiger partial charge in [0, 0.05) is 17.3 Å². The smallest absolute Gasteiger partial charge is 0.319 e. The van der Waals surface area contributed by atoms with Crippen molar-refractivity contribution in [3.8, 4) is 0 Å². The monoisotopic (exact) mass is 282 g/mol. The Bertz CT molecular complexity index is 635. The van der Waals surface area contributed by atoms with E-state index in [2.05, 4.69) is 20.6 Å². The van der Waals surface area contributed by atoms with E-state index in [0.29, 0.717) is 12.5 Å². The molecule has 1 heterocycles. The van der Waals surface area contributed by atoms with Gasteiger partial charge in [0.1, 0.15) is 6.33 Å². The van der Waals surface area contributed by atoms with Gasteiger partial charge in [0.25, 0.3) is 0 Å². The quantitative estimate of drug-likeness (QED) is 0.906. The summed E-state index contributed by atoms with van der Waals surface area (Å²) in [4.78, 5) is 20.3. The summed E-state index contributed by atoms with van der Waals surface area (Å²) in [5.74, 6) is 0.591. The average Bonchev–Trinajstić information content (AvgIpc) is 3.33. The summed E-state index contributed by atoms with van der Waals surface area (Å²) in [5, 5.41) is 5.60. The topological polar surface area (TPSA) is 66.9 Å². The number of carbonyl (C=O) groups is 1. The maximum absolute atomic E-state index is 11.8. The van der Waals surface area contributed by atoms with E-state index in [-0.39, 0.29) is 6.03 Å². The van der Waals surface area contributed by atoms with E-state index in [0.717, 1.165) is 22.6 Å². The number of nitrogens with one attached hydrogen (secondary N) is 2. The minimum Gasteiger partial charge on any atom is -0.332 e. The molecule has 0 unspecified atom stereocenters. The summed E-state index contributed by atoms with van der Waals surface area (Å²) in [5.41, 5.74) is 3.86. The number of benzene rings is 1. The second-order valence-corrected chi connectivity index (χ2v) is 5.38. The Labute approximate surface area is 123 Å². The molecular weight excluding hydrogens is 264 g/mol. The number of nitrogens with zero attached hydrogens (tertiary/aromatic N) is 2. The zero-order valence-electron chi connectivity index (χ0n) is 12.0. The molecule has 0 atom stereocenters. The first-order valence-corrected chi connectivity index (χ1v) is 7.13. The fraction of sp³-hybridized carbons (Fsp3) is 0.312. The highest BCUT2D eigenvalue weighted by molar-refractivity contribution is 5.89. The highest BCUT2D eigenvalue weighted by Gasteiger charge is 2.25. The fourth-order valence-corrected chi connectivity index (χ4v) is 2.10. The number of amides is 2. The molecule has 108 valence electrons. The van der Waals surface area contributed by atoms with Crippen molar-refractivity contribution >= 4 is 11.7 Å². The number of aryl methyl sites for hydroxylation is 1. The lowest BCUT2D eigenvalue weighted by molar-refractivity contribution is 0.251. The molecular formula is C16H18N4O. The van der Waals surface area contributed by atoms with Crippen LogP contribution in [0.5, 0.6) is 0 Å². The zero-order chi connectivity index (χ0) is 14.7. The van der Waals surface area contributed by atoms with Crippen molar-refractivity contribution in [1.29, 1.82) is 0 Å². The maximum Gasteiger partial charge on any atom is 0.319 e. The first-order valence-electron chi connectivity index (χ1n) is 7.13. The first kappa shape index (κ1) is 13.5. The Morgan fingerprint density at radius 2 is 2.00 bits per heavy atom. The lowest BCUT2D eigenvalue weighted by Crippen LogP contribution is -2.28. The number of rotatable bonds is 4. The van der Waals surface area contributed by atoms with E-state index in [1.54, 1.807) is 6.33 Å². The molecule has 2 aromatic rings. The second kappa shape index (κ2) is 5.91. The van der Waals surface area contributed by atoms with Crippen molar-refractivity contribution in [2.75, 3.05) is 5.32 Å². The van der Waals surface area contributed by atoms with Crippen LogP contribution in [0.25, 0.3) is 0 Å². The predicted octanol–water partition coefficient (Wildman–Crippen LogP) is 2.98. The molecule has 0 radical (unpaired) electrons. The molecule has 0 saturated heterocycles. The van der Waals surface area contributed by atoms with Crippen molar-refractivity contribution in [1.82, 2.24) is 15.3 Å². The van der Waals surface area contributed by atoms with Crippen LogP contribution in [-0.4, -0.2) is 16.0 Å².